The molecule has 1 aromatic carbocycles. The molecule has 3 saturated carbocycles. The summed E-state index contributed by atoms with van der Waals surface area (Å²) in [5.74, 6) is 2.04. The van der Waals surface area contributed by atoms with Crippen molar-refractivity contribution < 1.29 is 14.8 Å². The van der Waals surface area contributed by atoms with Gasteiger partial charge in [-0.05, 0) is 99.0 Å². The van der Waals surface area contributed by atoms with Gasteiger partial charge >= 0.3 is 0 Å². The molecule has 7 unspecified atom stereocenters. The first-order valence-corrected chi connectivity index (χ1v) is 13.1. The van der Waals surface area contributed by atoms with Crippen LogP contribution in [0.1, 0.15) is 82.5 Å². The highest BCUT2D eigenvalue weighted by molar-refractivity contribution is 5.95. The maximum absolute atomic E-state index is 12.6. The number of hydrogen-bond acceptors (Lipinski definition) is 5. The predicted octanol–water partition coefficient (Wildman–Crippen LogP) is 5.64. The van der Waals surface area contributed by atoms with Gasteiger partial charge in [0.1, 0.15) is 0 Å². The molecule has 0 bridgehead atoms. The Kier molecular flexibility index (Phi) is 6.10. The van der Waals surface area contributed by atoms with Gasteiger partial charge in [-0.25, -0.2) is 5.43 Å². The number of rotatable bonds is 4. The number of benzene rings is 1. The summed E-state index contributed by atoms with van der Waals surface area (Å²) >= 11 is 0. The van der Waals surface area contributed by atoms with E-state index in [1.54, 1.807) is 0 Å². The van der Waals surface area contributed by atoms with E-state index in [-0.39, 0.29) is 28.5 Å². The Labute approximate surface area is 207 Å². The van der Waals surface area contributed by atoms with Crippen LogP contribution in [0.5, 0.6) is 0 Å². The third-order valence-electron chi connectivity index (χ3n) is 10.3. The van der Waals surface area contributed by atoms with Crippen LogP contribution in [0.4, 0.5) is 5.69 Å². The van der Waals surface area contributed by atoms with Gasteiger partial charge in [0.05, 0.1) is 11.0 Å². The summed E-state index contributed by atoms with van der Waals surface area (Å²) in [7, 11) is 0. The maximum atomic E-state index is 12.6. The highest BCUT2D eigenvalue weighted by Crippen LogP contribution is 2.66. The van der Waals surface area contributed by atoms with E-state index in [1.165, 1.54) is 49.1 Å². The van der Waals surface area contributed by atoms with Crippen molar-refractivity contribution in [2.45, 2.75) is 78.2 Å². The van der Waals surface area contributed by atoms with E-state index in [2.05, 4.69) is 30.5 Å². The molecule has 0 spiro atoms. The number of nitro benzene ring substituents is 1. The Hall–Kier alpha value is -2.54. The van der Waals surface area contributed by atoms with Crippen molar-refractivity contribution >= 4 is 17.3 Å². The van der Waals surface area contributed by atoms with Crippen LogP contribution in [-0.2, 0) is 0 Å². The number of hydrogen-bond donors (Lipinski definition) is 2. The lowest BCUT2D eigenvalue weighted by Gasteiger charge is -2.58. The summed E-state index contributed by atoms with van der Waals surface area (Å²) in [6.45, 7) is 6.93. The first-order chi connectivity index (χ1) is 16.6. The molecule has 7 nitrogen and oxygen atoms in total. The molecule has 5 rings (SSSR count). The molecule has 4 aliphatic rings. The largest absolute Gasteiger partial charge is 0.393 e. The smallest absolute Gasteiger partial charge is 0.271 e. The lowest BCUT2D eigenvalue weighted by molar-refractivity contribution is -0.384. The molecule has 7 heteroatoms. The van der Waals surface area contributed by atoms with Crippen LogP contribution in [0, 0.1) is 44.6 Å². The minimum Gasteiger partial charge on any atom is -0.393 e. The van der Waals surface area contributed by atoms with Crippen LogP contribution in [-0.4, -0.2) is 27.8 Å². The number of hydrazone groups is 1. The summed E-state index contributed by atoms with van der Waals surface area (Å²) in [6, 6.07) is 5.60. The minimum absolute atomic E-state index is 0.0373. The van der Waals surface area contributed by atoms with Crippen molar-refractivity contribution in [1.29, 1.82) is 0 Å². The number of nitrogens with one attached hydrogen (secondary N) is 1. The zero-order valence-electron chi connectivity index (χ0n) is 21.0. The number of non-ortho nitro benzene ring substituents is 1. The Bertz CT molecular complexity index is 1080. The Morgan fingerprint density at radius 3 is 2.57 bits per heavy atom. The number of fused-ring (bicyclic) bond motifs is 5. The molecule has 1 aromatic rings. The first-order valence-electron chi connectivity index (χ1n) is 13.1. The molecule has 1 amide bonds. The van der Waals surface area contributed by atoms with Crippen LogP contribution in [0.3, 0.4) is 0 Å². The summed E-state index contributed by atoms with van der Waals surface area (Å²) in [6.07, 6.45) is 11.0. The first kappa shape index (κ1) is 24.2. The third kappa shape index (κ3) is 4.02. The maximum Gasteiger partial charge on any atom is 0.271 e. The van der Waals surface area contributed by atoms with E-state index in [0.717, 1.165) is 37.8 Å². The third-order valence-corrected chi connectivity index (χ3v) is 10.3. The second-order valence-corrected chi connectivity index (χ2v) is 11.8. The Morgan fingerprint density at radius 2 is 1.86 bits per heavy atom. The van der Waals surface area contributed by atoms with Crippen LogP contribution in [0.2, 0.25) is 0 Å². The van der Waals surface area contributed by atoms with Crippen LogP contribution in [0.15, 0.2) is 41.0 Å². The van der Waals surface area contributed by atoms with Gasteiger partial charge in [-0.15, -0.1) is 0 Å². The van der Waals surface area contributed by atoms with Gasteiger partial charge in [0.25, 0.3) is 11.6 Å². The normalized spacial score (nSPS) is 38.6. The average molecular weight is 480 g/mol. The second-order valence-electron chi connectivity index (χ2n) is 11.8. The molecule has 35 heavy (non-hydrogen) atoms. The van der Waals surface area contributed by atoms with Crippen molar-refractivity contribution in [2.75, 3.05) is 0 Å². The molecule has 0 saturated heterocycles. The summed E-state index contributed by atoms with van der Waals surface area (Å²) < 4.78 is 0. The zero-order chi connectivity index (χ0) is 25.0. The number of carbonyl (C=O) groups excluding carboxylic acids is 1. The molecule has 0 aromatic heterocycles. The lowest BCUT2D eigenvalue weighted by Crippen LogP contribution is -2.51. The van der Waals surface area contributed by atoms with Gasteiger partial charge in [-0.1, -0.05) is 25.5 Å². The van der Waals surface area contributed by atoms with Crippen LogP contribution >= 0.6 is 0 Å². The molecule has 7 atom stereocenters. The zero-order valence-corrected chi connectivity index (χ0v) is 21.0. The lowest BCUT2D eigenvalue weighted by atomic mass is 9.47. The quantitative estimate of drug-likeness (QED) is 0.252. The van der Waals surface area contributed by atoms with Gasteiger partial charge in [0.2, 0.25) is 0 Å². The Balaban J connectivity index is 1.30. The highest BCUT2D eigenvalue weighted by atomic mass is 16.6. The summed E-state index contributed by atoms with van der Waals surface area (Å²) in [4.78, 5) is 22.9. The van der Waals surface area contributed by atoms with E-state index in [1.807, 2.05) is 6.92 Å². The van der Waals surface area contributed by atoms with Crippen molar-refractivity contribution in [2.24, 2.45) is 39.6 Å². The fraction of sp³-hybridized carbons (Fsp3) is 0.643. The van der Waals surface area contributed by atoms with E-state index in [9.17, 15) is 20.0 Å². The molecular weight excluding hydrogens is 442 g/mol. The molecule has 4 aliphatic carbocycles. The van der Waals surface area contributed by atoms with Crippen molar-refractivity contribution in [3.63, 3.8) is 0 Å². The molecule has 3 fully saturated rings. The summed E-state index contributed by atoms with van der Waals surface area (Å²) in [5.41, 5.74) is 5.91. The number of amides is 1. The summed E-state index contributed by atoms with van der Waals surface area (Å²) in [5, 5.41) is 25.6. The monoisotopic (exact) mass is 479 g/mol. The number of nitrogens with zero attached hydrogens (tertiary/aromatic N) is 2. The van der Waals surface area contributed by atoms with Crippen molar-refractivity contribution in [3.05, 3.63) is 51.6 Å². The van der Waals surface area contributed by atoms with Gasteiger partial charge in [-0.3, -0.25) is 14.9 Å². The van der Waals surface area contributed by atoms with Crippen LogP contribution in [0.25, 0.3) is 0 Å². The number of aliphatic hydroxyl groups excluding tert-OH is 1. The molecule has 2 N–H and O–H groups in total. The van der Waals surface area contributed by atoms with Crippen molar-refractivity contribution in [3.8, 4) is 0 Å². The van der Waals surface area contributed by atoms with Gasteiger partial charge < -0.3 is 5.11 Å². The number of aliphatic hydroxyl groups is 1. The standard InChI is InChI=1S/C28H37N3O4/c1-17(29-30-26(33)18-4-7-20(8-5-18)31(34)35)23-10-11-24-22-9-6-19-16-21(32)12-14-27(19,2)25(22)13-15-28(23,24)3/h4-8,21-25,32H,9-16H2,1-3H3,(H,30,33)/b29-17+. The molecular formula is C28H37N3O4. The van der Waals surface area contributed by atoms with E-state index < -0.39 is 4.92 Å². The van der Waals surface area contributed by atoms with E-state index in [0.29, 0.717) is 29.2 Å². The van der Waals surface area contributed by atoms with E-state index in [4.69, 9.17) is 0 Å². The molecule has 0 heterocycles. The number of nitro groups is 1. The van der Waals surface area contributed by atoms with E-state index >= 15 is 0 Å². The molecule has 0 aliphatic heterocycles. The highest BCUT2D eigenvalue weighted by Gasteiger charge is 2.59. The molecule has 188 valence electrons. The van der Waals surface area contributed by atoms with Crippen molar-refractivity contribution in [1.82, 2.24) is 5.43 Å². The van der Waals surface area contributed by atoms with Gasteiger partial charge in [0.15, 0.2) is 0 Å². The van der Waals surface area contributed by atoms with Crippen LogP contribution < -0.4 is 5.43 Å². The van der Waals surface area contributed by atoms with Gasteiger partial charge in [-0.2, -0.15) is 5.10 Å². The fourth-order valence-electron chi connectivity index (χ4n) is 8.34. The average Bonchev–Trinajstić information content (AvgIpc) is 3.20. The van der Waals surface area contributed by atoms with Gasteiger partial charge in [0, 0.05) is 29.3 Å². The predicted molar refractivity (Wildman–Crippen MR) is 135 cm³/mol. The number of allylic oxidation sites excluding steroid dienone is 1. The minimum atomic E-state index is -0.475. The number of carbonyl (C=O) groups is 1. The SMILES string of the molecule is C/C(=N\NC(=O)c1ccc([N+](=O)[O-])cc1)C1CCC2C3CC=C4CC(O)CCC4(C)C3CCC12C. The molecule has 0 radical (unpaired) electrons. The topological polar surface area (TPSA) is 105 Å². The Morgan fingerprint density at radius 1 is 1.11 bits per heavy atom. The fourth-order valence-corrected chi connectivity index (χ4v) is 8.34. The second kappa shape index (κ2) is 8.84.